The maximum absolute atomic E-state index is 10.8. The van der Waals surface area contributed by atoms with Gasteiger partial charge in [-0.05, 0) is 31.0 Å². The molecule has 0 atom stereocenters. The smallest absolute Gasteiger partial charge is 0.231 e. The molecule has 3 nitrogen and oxygen atoms in total. The summed E-state index contributed by atoms with van der Waals surface area (Å²) in [6, 6.07) is 5.79. The maximum atomic E-state index is 10.8. The van der Waals surface area contributed by atoms with E-state index in [4.69, 9.17) is 9.47 Å². The Labute approximate surface area is 82.6 Å². The fraction of sp³-hybridized carbons (Fsp3) is 0.364. The van der Waals surface area contributed by atoms with E-state index in [0.29, 0.717) is 13.2 Å². The molecule has 0 radical (unpaired) electrons. The van der Waals surface area contributed by atoms with E-state index < -0.39 is 0 Å². The van der Waals surface area contributed by atoms with E-state index in [0.717, 1.165) is 23.5 Å². The van der Waals surface area contributed by atoms with E-state index in [2.05, 4.69) is 0 Å². The maximum Gasteiger partial charge on any atom is 0.231 e. The summed E-state index contributed by atoms with van der Waals surface area (Å²) < 4.78 is 10.4. The predicted octanol–water partition coefficient (Wildman–Crippen LogP) is 1.94. The molecule has 74 valence electrons. The first-order chi connectivity index (χ1) is 6.75. The molecular weight excluding hydrogens is 180 g/mol. The normalized spacial score (nSPS) is 12.9. The summed E-state index contributed by atoms with van der Waals surface area (Å²) in [7, 11) is 0. The lowest BCUT2D eigenvalue weighted by Crippen LogP contribution is -1.94. The highest BCUT2D eigenvalue weighted by Crippen LogP contribution is 2.32. The van der Waals surface area contributed by atoms with Crippen LogP contribution in [-0.4, -0.2) is 12.6 Å². The van der Waals surface area contributed by atoms with Crippen LogP contribution in [-0.2, 0) is 11.2 Å². The van der Waals surface area contributed by atoms with E-state index in [-0.39, 0.29) is 5.78 Å². The van der Waals surface area contributed by atoms with E-state index in [1.54, 1.807) is 6.92 Å². The van der Waals surface area contributed by atoms with Gasteiger partial charge in [-0.15, -0.1) is 0 Å². The standard InChI is InChI=1S/C11H12O3/c1-8(12)2-3-9-4-5-10-11(6-9)14-7-13-10/h4-6H,2-3,7H2,1H3. The van der Waals surface area contributed by atoms with Crippen LogP contribution >= 0.6 is 0 Å². The van der Waals surface area contributed by atoms with Gasteiger partial charge in [-0.25, -0.2) is 0 Å². The molecule has 1 aliphatic heterocycles. The first-order valence-corrected chi connectivity index (χ1v) is 4.63. The largest absolute Gasteiger partial charge is 0.454 e. The number of hydrogen-bond acceptors (Lipinski definition) is 3. The number of benzene rings is 1. The summed E-state index contributed by atoms with van der Waals surface area (Å²) in [5.74, 6) is 1.78. The number of ketones is 1. The Morgan fingerprint density at radius 2 is 2.14 bits per heavy atom. The molecule has 0 N–H and O–H groups in total. The van der Waals surface area contributed by atoms with Gasteiger partial charge in [-0.1, -0.05) is 6.07 Å². The molecule has 0 spiro atoms. The van der Waals surface area contributed by atoms with Crippen LogP contribution in [0.15, 0.2) is 18.2 Å². The molecule has 0 bridgehead atoms. The fourth-order valence-electron chi connectivity index (χ4n) is 1.42. The molecule has 1 aromatic carbocycles. The Hall–Kier alpha value is -1.51. The molecule has 0 saturated heterocycles. The molecule has 14 heavy (non-hydrogen) atoms. The van der Waals surface area contributed by atoms with Gasteiger partial charge in [0.15, 0.2) is 11.5 Å². The van der Waals surface area contributed by atoms with Gasteiger partial charge in [0.2, 0.25) is 6.79 Å². The second-order valence-corrected chi connectivity index (χ2v) is 3.39. The third-order valence-electron chi connectivity index (χ3n) is 2.20. The summed E-state index contributed by atoms with van der Waals surface area (Å²) in [5.41, 5.74) is 1.12. The van der Waals surface area contributed by atoms with E-state index in [1.807, 2.05) is 18.2 Å². The zero-order chi connectivity index (χ0) is 9.97. The molecule has 1 aromatic rings. The molecule has 2 rings (SSSR count). The van der Waals surface area contributed by atoms with Crippen LogP contribution in [0.4, 0.5) is 0 Å². The van der Waals surface area contributed by atoms with E-state index in [9.17, 15) is 4.79 Å². The first-order valence-electron chi connectivity index (χ1n) is 4.63. The number of hydrogen-bond donors (Lipinski definition) is 0. The van der Waals surface area contributed by atoms with Crippen LogP contribution in [0, 0.1) is 0 Å². The summed E-state index contributed by atoms with van der Waals surface area (Å²) in [6.07, 6.45) is 1.35. The van der Waals surface area contributed by atoms with Gasteiger partial charge in [0.25, 0.3) is 0 Å². The molecule has 0 unspecified atom stereocenters. The molecule has 0 saturated carbocycles. The molecule has 3 heteroatoms. The van der Waals surface area contributed by atoms with Gasteiger partial charge < -0.3 is 14.3 Å². The van der Waals surface area contributed by atoms with Crippen LogP contribution in [0.2, 0.25) is 0 Å². The lowest BCUT2D eigenvalue weighted by Gasteiger charge is -2.00. The monoisotopic (exact) mass is 192 g/mol. The SMILES string of the molecule is CC(=O)CCc1ccc2c(c1)OCO2. The van der Waals surface area contributed by atoms with Crippen molar-refractivity contribution in [1.82, 2.24) is 0 Å². The van der Waals surface area contributed by atoms with Crippen molar-refractivity contribution >= 4 is 5.78 Å². The second-order valence-electron chi connectivity index (χ2n) is 3.39. The van der Waals surface area contributed by atoms with Gasteiger partial charge in [-0.3, -0.25) is 0 Å². The molecule has 1 aliphatic rings. The second kappa shape index (κ2) is 3.70. The number of fused-ring (bicyclic) bond motifs is 1. The van der Waals surface area contributed by atoms with Crippen molar-refractivity contribution in [3.8, 4) is 11.5 Å². The van der Waals surface area contributed by atoms with E-state index in [1.165, 1.54) is 0 Å². The number of aryl methyl sites for hydroxylation is 1. The third kappa shape index (κ3) is 1.87. The molecule has 0 aromatic heterocycles. The van der Waals surface area contributed by atoms with Crippen LogP contribution in [0.5, 0.6) is 11.5 Å². The Morgan fingerprint density at radius 1 is 1.36 bits per heavy atom. The zero-order valence-corrected chi connectivity index (χ0v) is 8.08. The average molecular weight is 192 g/mol. The Balaban J connectivity index is 2.09. The van der Waals surface area contributed by atoms with Crippen LogP contribution in [0.25, 0.3) is 0 Å². The van der Waals surface area contributed by atoms with Crippen molar-refractivity contribution in [2.75, 3.05) is 6.79 Å². The lowest BCUT2D eigenvalue weighted by molar-refractivity contribution is -0.116. The Bertz CT molecular complexity index is 358. The highest BCUT2D eigenvalue weighted by atomic mass is 16.7. The minimum Gasteiger partial charge on any atom is -0.454 e. The van der Waals surface area contributed by atoms with Crippen molar-refractivity contribution in [3.63, 3.8) is 0 Å². The van der Waals surface area contributed by atoms with Crippen molar-refractivity contribution in [3.05, 3.63) is 23.8 Å². The Morgan fingerprint density at radius 3 is 2.93 bits per heavy atom. The van der Waals surface area contributed by atoms with Crippen molar-refractivity contribution in [1.29, 1.82) is 0 Å². The zero-order valence-electron chi connectivity index (χ0n) is 8.08. The van der Waals surface area contributed by atoms with Gasteiger partial charge >= 0.3 is 0 Å². The highest BCUT2D eigenvalue weighted by molar-refractivity contribution is 5.75. The minimum absolute atomic E-state index is 0.211. The Kier molecular flexibility index (Phi) is 2.39. The van der Waals surface area contributed by atoms with Crippen molar-refractivity contribution in [2.45, 2.75) is 19.8 Å². The summed E-state index contributed by atoms with van der Waals surface area (Å²) in [4.78, 5) is 10.8. The molecular formula is C11H12O3. The molecule has 0 fully saturated rings. The topological polar surface area (TPSA) is 35.5 Å². The van der Waals surface area contributed by atoms with Gasteiger partial charge in [0, 0.05) is 6.42 Å². The number of carbonyl (C=O) groups excluding carboxylic acids is 1. The van der Waals surface area contributed by atoms with Gasteiger partial charge in [0.05, 0.1) is 0 Å². The van der Waals surface area contributed by atoms with Crippen molar-refractivity contribution < 1.29 is 14.3 Å². The van der Waals surface area contributed by atoms with Gasteiger partial charge in [-0.2, -0.15) is 0 Å². The fourth-order valence-corrected chi connectivity index (χ4v) is 1.42. The highest BCUT2D eigenvalue weighted by Gasteiger charge is 2.12. The number of Topliss-reactive ketones (excluding diaryl/α,β-unsaturated/α-hetero) is 1. The average Bonchev–Trinajstić information content (AvgIpc) is 2.61. The van der Waals surface area contributed by atoms with Crippen LogP contribution < -0.4 is 9.47 Å². The summed E-state index contributed by atoms with van der Waals surface area (Å²) in [6.45, 7) is 1.90. The number of rotatable bonds is 3. The lowest BCUT2D eigenvalue weighted by atomic mass is 10.1. The third-order valence-corrected chi connectivity index (χ3v) is 2.20. The summed E-state index contributed by atoms with van der Waals surface area (Å²) >= 11 is 0. The first kappa shape index (κ1) is 9.06. The molecule has 0 amide bonds. The minimum atomic E-state index is 0.211. The number of carbonyl (C=O) groups is 1. The quantitative estimate of drug-likeness (QED) is 0.734. The van der Waals surface area contributed by atoms with Crippen LogP contribution in [0.3, 0.4) is 0 Å². The number of ether oxygens (including phenoxy) is 2. The molecule has 0 aliphatic carbocycles. The summed E-state index contributed by atoms with van der Waals surface area (Å²) in [5, 5.41) is 0. The molecule has 1 heterocycles. The van der Waals surface area contributed by atoms with Crippen molar-refractivity contribution in [2.24, 2.45) is 0 Å². The predicted molar refractivity (Wildman–Crippen MR) is 51.6 cm³/mol. The van der Waals surface area contributed by atoms with Gasteiger partial charge in [0.1, 0.15) is 5.78 Å². The van der Waals surface area contributed by atoms with Crippen LogP contribution in [0.1, 0.15) is 18.9 Å². The van der Waals surface area contributed by atoms with E-state index >= 15 is 0 Å².